The minimum Gasteiger partial charge on any atom is -0.463 e. The van der Waals surface area contributed by atoms with Crippen LogP contribution < -0.4 is 0 Å². The average molecular weight is 283 g/mol. The number of fused-ring (bicyclic) bond motifs is 1. The number of hydrogen-bond donors (Lipinski definition) is 0. The van der Waals surface area contributed by atoms with Gasteiger partial charge in [0.2, 0.25) is 0 Å². The standard InChI is InChI=1S/C8H3ClF2O.CH3Br/c9-7-6(11)3-5(10)4-1-2-12-8(4)7;1-2/h1-3H;1H3. The van der Waals surface area contributed by atoms with Gasteiger partial charge < -0.3 is 4.42 Å². The lowest BCUT2D eigenvalue weighted by Crippen LogP contribution is -1.81. The van der Waals surface area contributed by atoms with Gasteiger partial charge in [-0.15, -0.1) is 0 Å². The molecule has 0 N–H and O–H groups in total. The third kappa shape index (κ3) is 1.91. The van der Waals surface area contributed by atoms with Crippen molar-refractivity contribution in [1.82, 2.24) is 0 Å². The van der Waals surface area contributed by atoms with Gasteiger partial charge in [0.15, 0.2) is 5.58 Å². The summed E-state index contributed by atoms with van der Waals surface area (Å²) in [5, 5.41) is 0.0119. The lowest BCUT2D eigenvalue weighted by molar-refractivity contribution is 0.577. The normalized spacial score (nSPS) is 9.79. The molecule has 0 amide bonds. The average Bonchev–Trinajstić information content (AvgIpc) is 2.67. The molecule has 0 radical (unpaired) electrons. The predicted octanol–water partition coefficient (Wildman–Crippen LogP) is 4.38. The highest BCUT2D eigenvalue weighted by Gasteiger charge is 2.12. The van der Waals surface area contributed by atoms with E-state index in [0.29, 0.717) is 0 Å². The van der Waals surface area contributed by atoms with E-state index in [1.54, 1.807) is 0 Å². The molecule has 0 aliphatic heterocycles. The van der Waals surface area contributed by atoms with Crippen LogP contribution in [0.2, 0.25) is 5.02 Å². The van der Waals surface area contributed by atoms with E-state index >= 15 is 0 Å². The topological polar surface area (TPSA) is 13.1 Å². The van der Waals surface area contributed by atoms with E-state index in [-0.39, 0.29) is 16.0 Å². The van der Waals surface area contributed by atoms with Crippen LogP contribution in [0, 0.1) is 11.6 Å². The molecule has 0 aliphatic carbocycles. The summed E-state index contributed by atoms with van der Waals surface area (Å²) in [5.74, 6) is 0.338. The molecule has 0 unspecified atom stereocenters. The molecule has 76 valence electrons. The first-order valence-corrected chi connectivity index (χ1v) is 5.55. The summed E-state index contributed by atoms with van der Waals surface area (Å²) in [6.07, 6.45) is 1.26. The Balaban J connectivity index is 0.000000461. The number of rotatable bonds is 0. The Morgan fingerprint density at radius 1 is 1.29 bits per heavy atom. The molecule has 0 spiro atoms. The number of alkyl halides is 1. The highest BCUT2D eigenvalue weighted by molar-refractivity contribution is 9.08. The van der Waals surface area contributed by atoms with E-state index in [0.717, 1.165) is 6.07 Å². The SMILES string of the molecule is CBr.Fc1cc(F)c2ccoc2c1Cl. The summed E-state index contributed by atoms with van der Waals surface area (Å²) in [7, 11) is 0. The zero-order valence-corrected chi connectivity index (χ0v) is 9.49. The Labute approximate surface area is 92.8 Å². The minimum absolute atomic E-state index is 0.0502. The summed E-state index contributed by atoms with van der Waals surface area (Å²) in [4.78, 5) is 0. The molecular formula is C9H6BrClF2O. The van der Waals surface area contributed by atoms with Crippen molar-refractivity contribution in [2.45, 2.75) is 0 Å². The zero-order chi connectivity index (χ0) is 10.7. The first kappa shape index (κ1) is 11.5. The van der Waals surface area contributed by atoms with Crippen LogP contribution in [0.5, 0.6) is 0 Å². The van der Waals surface area contributed by atoms with Gasteiger partial charge in [0.1, 0.15) is 16.7 Å². The van der Waals surface area contributed by atoms with Crippen molar-refractivity contribution in [1.29, 1.82) is 0 Å². The van der Waals surface area contributed by atoms with E-state index in [1.807, 2.05) is 5.83 Å². The van der Waals surface area contributed by atoms with Gasteiger partial charge >= 0.3 is 0 Å². The lowest BCUT2D eigenvalue weighted by atomic mass is 10.2. The summed E-state index contributed by atoms with van der Waals surface area (Å²) >= 11 is 8.44. The second-order valence-corrected chi connectivity index (χ2v) is 2.70. The second kappa shape index (κ2) is 4.75. The van der Waals surface area contributed by atoms with Crippen LogP contribution in [-0.2, 0) is 0 Å². The van der Waals surface area contributed by atoms with Gasteiger partial charge in [0.25, 0.3) is 0 Å². The van der Waals surface area contributed by atoms with Crippen LogP contribution in [-0.4, -0.2) is 5.83 Å². The monoisotopic (exact) mass is 282 g/mol. The first-order chi connectivity index (χ1) is 6.70. The van der Waals surface area contributed by atoms with E-state index in [2.05, 4.69) is 15.9 Å². The molecule has 0 fully saturated rings. The molecule has 5 heteroatoms. The highest BCUT2D eigenvalue weighted by atomic mass is 79.9. The molecule has 14 heavy (non-hydrogen) atoms. The summed E-state index contributed by atoms with van der Waals surface area (Å²) in [6.45, 7) is 0. The van der Waals surface area contributed by atoms with E-state index in [1.165, 1.54) is 12.3 Å². The fourth-order valence-electron chi connectivity index (χ4n) is 1.03. The van der Waals surface area contributed by atoms with Gasteiger partial charge in [-0.2, -0.15) is 0 Å². The van der Waals surface area contributed by atoms with Gasteiger partial charge in [0, 0.05) is 6.07 Å². The van der Waals surface area contributed by atoms with E-state index < -0.39 is 11.6 Å². The number of benzene rings is 1. The van der Waals surface area contributed by atoms with E-state index in [4.69, 9.17) is 16.0 Å². The van der Waals surface area contributed by atoms with Crippen molar-refractivity contribution in [2.24, 2.45) is 0 Å². The maximum absolute atomic E-state index is 12.9. The van der Waals surface area contributed by atoms with Crippen LogP contribution in [0.1, 0.15) is 0 Å². The molecule has 1 aromatic carbocycles. The Morgan fingerprint density at radius 2 is 1.93 bits per heavy atom. The molecule has 1 heterocycles. The van der Waals surface area contributed by atoms with Gasteiger partial charge in [0.05, 0.1) is 11.6 Å². The molecule has 0 aliphatic rings. The smallest absolute Gasteiger partial charge is 0.158 e. The van der Waals surface area contributed by atoms with Gasteiger partial charge in [-0.1, -0.05) is 27.5 Å². The third-order valence-corrected chi connectivity index (χ3v) is 1.94. The zero-order valence-electron chi connectivity index (χ0n) is 7.15. The quantitative estimate of drug-likeness (QED) is 0.517. The predicted molar refractivity (Wildman–Crippen MR) is 56.0 cm³/mol. The second-order valence-electron chi connectivity index (χ2n) is 2.32. The summed E-state index contributed by atoms with van der Waals surface area (Å²) in [6, 6.07) is 2.14. The minimum atomic E-state index is -0.809. The maximum Gasteiger partial charge on any atom is 0.158 e. The van der Waals surface area contributed by atoms with Crippen molar-refractivity contribution in [3.05, 3.63) is 35.1 Å². The molecule has 1 aromatic heterocycles. The summed E-state index contributed by atoms with van der Waals surface area (Å²) < 4.78 is 30.5. The van der Waals surface area contributed by atoms with Crippen LogP contribution in [0.15, 0.2) is 22.8 Å². The molecule has 1 nitrogen and oxygen atoms in total. The van der Waals surface area contributed by atoms with Crippen LogP contribution in [0.25, 0.3) is 11.0 Å². The Kier molecular flexibility index (Phi) is 3.89. The van der Waals surface area contributed by atoms with Crippen LogP contribution in [0.4, 0.5) is 8.78 Å². The number of hydrogen-bond acceptors (Lipinski definition) is 1. The highest BCUT2D eigenvalue weighted by Crippen LogP contribution is 2.29. The Morgan fingerprint density at radius 3 is 2.57 bits per heavy atom. The van der Waals surface area contributed by atoms with Crippen LogP contribution in [0.3, 0.4) is 0 Å². The molecule has 2 rings (SSSR count). The van der Waals surface area contributed by atoms with Gasteiger partial charge in [-0.25, -0.2) is 8.78 Å². The fraction of sp³-hybridized carbons (Fsp3) is 0.111. The van der Waals surface area contributed by atoms with Crippen molar-refractivity contribution in [3.63, 3.8) is 0 Å². The van der Waals surface area contributed by atoms with Crippen LogP contribution >= 0.6 is 27.5 Å². The molecule has 0 atom stereocenters. The van der Waals surface area contributed by atoms with Gasteiger partial charge in [-0.05, 0) is 11.9 Å². The van der Waals surface area contributed by atoms with E-state index in [9.17, 15) is 8.78 Å². The van der Waals surface area contributed by atoms with Crippen molar-refractivity contribution in [3.8, 4) is 0 Å². The molecule has 0 saturated heterocycles. The molecule has 0 saturated carbocycles. The van der Waals surface area contributed by atoms with Crippen molar-refractivity contribution < 1.29 is 13.2 Å². The third-order valence-electron chi connectivity index (χ3n) is 1.59. The first-order valence-electron chi connectivity index (χ1n) is 3.58. The molecule has 2 aromatic rings. The molecular weight excluding hydrogens is 277 g/mol. The van der Waals surface area contributed by atoms with Gasteiger partial charge in [-0.3, -0.25) is 0 Å². The van der Waals surface area contributed by atoms with Crippen molar-refractivity contribution in [2.75, 3.05) is 5.83 Å². The van der Waals surface area contributed by atoms with Crippen molar-refractivity contribution >= 4 is 38.5 Å². The molecule has 0 bridgehead atoms. The number of furan rings is 1. The number of halogens is 4. The fourth-order valence-corrected chi connectivity index (χ4v) is 1.23. The summed E-state index contributed by atoms with van der Waals surface area (Å²) in [5.41, 5.74) is 0.0502. The largest absolute Gasteiger partial charge is 0.463 e. The Bertz CT molecular complexity index is 442. The lowest BCUT2D eigenvalue weighted by Gasteiger charge is -1.95. The maximum atomic E-state index is 12.9. The Hall–Kier alpha value is -0.610.